The quantitative estimate of drug-likeness (QED) is 0.582. The molecule has 0 radical (unpaired) electrons. The van der Waals surface area contributed by atoms with Crippen molar-refractivity contribution < 1.29 is 8.78 Å². The van der Waals surface area contributed by atoms with E-state index in [4.69, 9.17) is 0 Å². The second kappa shape index (κ2) is 5.70. The molecule has 1 aliphatic heterocycles. The zero-order chi connectivity index (χ0) is 16.1. The van der Waals surface area contributed by atoms with Gasteiger partial charge in [-0.2, -0.15) is 0 Å². The Morgan fingerprint density at radius 2 is 1.95 bits per heavy atom. The molecule has 2 heterocycles. The van der Waals surface area contributed by atoms with Crippen molar-refractivity contribution in [2.24, 2.45) is 7.05 Å². The number of rotatable bonds is 1. The highest BCUT2D eigenvalue weighted by atomic mass is 127. The van der Waals surface area contributed by atoms with E-state index >= 15 is 0 Å². The second-order valence-electron chi connectivity index (χ2n) is 5.40. The summed E-state index contributed by atoms with van der Waals surface area (Å²) in [5.74, 6) is -2.17. The monoisotopic (exact) mass is 483 g/mol. The number of anilines is 1. The number of fused-ring (bicyclic) bond motifs is 1. The average molecular weight is 484 g/mol. The minimum atomic E-state index is -2.62. The lowest BCUT2D eigenvalue weighted by atomic mass is 10.1. The van der Waals surface area contributed by atoms with Crippen LogP contribution in [0.15, 0.2) is 21.4 Å². The fourth-order valence-corrected chi connectivity index (χ4v) is 4.24. The molecule has 0 atom stereocenters. The van der Waals surface area contributed by atoms with Crippen LogP contribution in [0.5, 0.6) is 0 Å². The van der Waals surface area contributed by atoms with E-state index in [2.05, 4.69) is 43.5 Å². The normalized spacial score (nSPS) is 18.0. The summed E-state index contributed by atoms with van der Waals surface area (Å²) in [5, 5.41) is 0.521. The molecule has 118 valence electrons. The maximum atomic E-state index is 13.3. The minimum Gasteiger partial charge on any atom is -0.342 e. The Balaban J connectivity index is 2.12. The smallest absolute Gasteiger partial charge is 0.262 e. The molecule has 0 saturated carbocycles. The molecule has 4 nitrogen and oxygen atoms in total. The van der Waals surface area contributed by atoms with E-state index in [1.807, 2.05) is 6.07 Å². The number of piperidine rings is 1. The van der Waals surface area contributed by atoms with Crippen molar-refractivity contribution in [1.82, 2.24) is 9.55 Å². The second-order valence-corrected chi connectivity index (χ2v) is 7.48. The Morgan fingerprint density at radius 1 is 1.32 bits per heavy atom. The van der Waals surface area contributed by atoms with Crippen LogP contribution in [0.3, 0.4) is 0 Å². The van der Waals surface area contributed by atoms with Crippen molar-refractivity contribution in [2.75, 3.05) is 18.0 Å². The fraction of sp³-hybridized carbons (Fsp3) is 0.429. The van der Waals surface area contributed by atoms with E-state index in [1.54, 1.807) is 18.0 Å². The molecule has 1 aromatic heterocycles. The fourth-order valence-electron chi connectivity index (χ4n) is 2.61. The molecule has 0 spiro atoms. The average Bonchev–Trinajstić information content (AvgIpc) is 2.44. The number of alkyl halides is 2. The van der Waals surface area contributed by atoms with E-state index < -0.39 is 5.92 Å². The highest BCUT2D eigenvalue weighted by Crippen LogP contribution is 2.30. The molecule has 1 saturated heterocycles. The van der Waals surface area contributed by atoms with Crippen molar-refractivity contribution in [1.29, 1.82) is 0 Å². The zero-order valence-corrected chi connectivity index (χ0v) is 15.5. The molecule has 1 aliphatic rings. The van der Waals surface area contributed by atoms with Crippen molar-refractivity contribution in [3.63, 3.8) is 0 Å². The summed E-state index contributed by atoms with van der Waals surface area (Å²) in [4.78, 5) is 18.9. The molecule has 8 heteroatoms. The highest BCUT2D eigenvalue weighted by molar-refractivity contribution is 14.1. The van der Waals surface area contributed by atoms with Crippen LogP contribution in [0.1, 0.15) is 12.8 Å². The van der Waals surface area contributed by atoms with Crippen LogP contribution in [0.2, 0.25) is 0 Å². The van der Waals surface area contributed by atoms with Gasteiger partial charge in [-0.25, -0.2) is 13.8 Å². The highest BCUT2D eigenvalue weighted by Gasteiger charge is 2.35. The summed E-state index contributed by atoms with van der Waals surface area (Å²) in [7, 11) is 1.63. The summed E-state index contributed by atoms with van der Waals surface area (Å²) in [6.07, 6.45) is -0.420. The molecule has 1 aromatic carbocycles. The standard InChI is InChI=1S/C14H13BrF2IN3O/c1-20-12(22)9-6-8(15)7-10(18)11(9)19-13(20)21-4-2-14(16,17)3-5-21/h6-7H,2-5H2,1H3. The van der Waals surface area contributed by atoms with Gasteiger partial charge in [0.25, 0.3) is 11.5 Å². The summed E-state index contributed by atoms with van der Waals surface area (Å²) >= 11 is 5.50. The van der Waals surface area contributed by atoms with Crippen LogP contribution in [0.25, 0.3) is 10.9 Å². The van der Waals surface area contributed by atoms with Crippen LogP contribution in [-0.4, -0.2) is 28.6 Å². The first-order chi connectivity index (χ1) is 10.3. The van der Waals surface area contributed by atoms with Crippen LogP contribution < -0.4 is 10.5 Å². The molecule has 0 N–H and O–H groups in total. The number of hydrogen-bond acceptors (Lipinski definition) is 3. The van der Waals surface area contributed by atoms with Crippen LogP contribution in [-0.2, 0) is 7.05 Å². The van der Waals surface area contributed by atoms with Gasteiger partial charge in [-0.3, -0.25) is 9.36 Å². The van der Waals surface area contributed by atoms with E-state index in [-0.39, 0.29) is 31.5 Å². The maximum Gasteiger partial charge on any atom is 0.262 e. The largest absolute Gasteiger partial charge is 0.342 e. The van der Waals surface area contributed by atoms with Gasteiger partial charge in [0.1, 0.15) is 0 Å². The Hall–Kier alpha value is -0.770. The van der Waals surface area contributed by atoms with Gasteiger partial charge in [-0.15, -0.1) is 0 Å². The molecule has 0 aliphatic carbocycles. The van der Waals surface area contributed by atoms with E-state index in [0.717, 1.165) is 8.04 Å². The van der Waals surface area contributed by atoms with Crippen molar-refractivity contribution in [3.8, 4) is 0 Å². The molecular formula is C14H13BrF2IN3O. The number of hydrogen-bond donors (Lipinski definition) is 0. The number of nitrogens with zero attached hydrogens (tertiary/aromatic N) is 3. The molecule has 0 unspecified atom stereocenters. The minimum absolute atomic E-state index is 0.170. The first-order valence-corrected chi connectivity index (χ1v) is 8.64. The first kappa shape index (κ1) is 16.1. The third-order valence-electron chi connectivity index (χ3n) is 3.85. The Kier molecular flexibility index (Phi) is 4.17. The van der Waals surface area contributed by atoms with Crippen LogP contribution in [0, 0.1) is 3.57 Å². The topological polar surface area (TPSA) is 38.1 Å². The summed E-state index contributed by atoms with van der Waals surface area (Å²) < 4.78 is 29.7. The molecule has 0 bridgehead atoms. The Bertz CT molecular complexity index is 799. The molecule has 22 heavy (non-hydrogen) atoms. The third kappa shape index (κ3) is 2.86. The summed E-state index contributed by atoms with van der Waals surface area (Å²) in [5.41, 5.74) is 0.441. The van der Waals surface area contributed by atoms with Gasteiger partial charge in [-0.05, 0) is 34.7 Å². The molecule has 0 amide bonds. The van der Waals surface area contributed by atoms with Crippen molar-refractivity contribution in [3.05, 3.63) is 30.5 Å². The van der Waals surface area contributed by atoms with Gasteiger partial charge in [0.15, 0.2) is 0 Å². The first-order valence-electron chi connectivity index (χ1n) is 6.77. The predicted octanol–water partition coefficient (Wildman–Crippen LogP) is 3.54. The van der Waals surface area contributed by atoms with E-state index in [9.17, 15) is 13.6 Å². The van der Waals surface area contributed by atoms with Gasteiger partial charge < -0.3 is 4.90 Å². The summed E-state index contributed by atoms with van der Waals surface area (Å²) in [6.45, 7) is 0.401. The zero-order valence-electron chi connectivity index (χ0n) is 11.7. The van der Waals surface area contributed by atoms with Gasteiger partial charge >= 0.3 is 0 Å². The van der Waals surface area contributed by atoms with Crippen LogP contribution >= 0.6 is 38.5 Å². The van der Waals surface area contributed by atoms with Crippen molar-refractivity contribution >= 4 is 55.4 Å². The van der Waals surface area contributed by atoms with Crippen molar-refractivity contribution in [2.45, 2.75) is 18.8 Å². The van der Waals surface area contributed by atoms with Gasteiger partial charge in [0, 0.05) is 41.0 Å². The SMILES string of the molecule is Cn1c(N2CCC(F)(F)CC2)nc2c(I)cc(Br)cc2c1=O. The third-order valence-corrected chi connectivity index (χ3v) is 5.13. The summed E-state index contributed by atoms with van der Waals surface area (Å²) in [6, 6.07) is 3.62. The van der Waals surface area contributed by atoms with Gasteiger partial charge in [0.05, 0.1) is 10.9 Å². The molecule has 2 aromatic rings. The van der Waals surface area contributed by atoms with E-state index in [0.29, 0.717) is 16.9 Å². The number of benzene rings is 1. The van der Waals surface area contributed by atoms with Gasteiger partial charge in [-0.1, -0.05) is 15.9 Å². The Labute approximate surface area is 147 Å². The lowest BCUT2D eigenvalue weighted by Gasteiger charge is -2.33. The number of aromatic nitrogens is 2. The number of halogens is 4. The predicted molar refractivity (Wildman–Crippen MR) is 93.8 cm³/mol. The molecule has 1 fully saturated rings. The Morgan fingerprint density at radius 3 is 2.59 bits per heavy atom. The van der Waals surface area contributed by atoms with Crippen LogP contribution in [0.4, 0.5) is 14.7 Å². The maximum absolute atomic E-state index is 13.3. The molecular weight excluding hydrogens is 471 g/mol. The van der Waals surface area contributed by atoms with E-state index in [1.165, 1.54) is 4.57 Å². The lowest BCUT2D eigenvalue weighted by Crippen LogP contribution is -2.42. The molecule has 3 rings (SSSR count). The van der Waals surface area contributed by atoms with Gasteiger partial charge in [0.2, 0.25) is 5.95 Å². The lowest BCUT2D eigenvalue weighted by molar-refractivity contribution is -0.0223.